The largest absolute Gasteiger partial charge is 0.375 e. The van der Waals surface area contributed by atoms with Crippen molar-refractivity contribution < 1.29 is 9.72 Å². The number of para-hydroxylation sites is 1. The molecule has 0 spiro atoms. The van der Waals surface area contributed by atoms with Gasteiger partial charge in [0.25, 0.3) is 11.6 Å². The molecule has 0 saturated carbocycles. The van der Waals surface area contributed by atoms with Crippen LogP contribution in [0, 0.1) is 17.0 Å². The first kappa shape index (κ1) is 23.9. The number of non-ortho nitro benzene ring substituents is 1. The molecule has 33 heavy (non-hydrogen) atoms. The first-order valence-electron chi connectivity index (χ1n) is 10.2. The van der Waals surface area contributed by atoms with E-state index in [0.29, 0.717) is 16.4 Å². The molecule has 0 saturated heterocycles. The number of nitro benzene ring substituents is 1. The Labute approximate surface area is 195 Å². The molecule has 0 aliphatic heterocycles. The van der Waals surface area contributed by atoms with Crippen LogP contribution in [0.3, 0.4) is 0 Å². The summed E-state index contributed by atoms with van der Waals surface area (Å²) in [6, 6.07) is 13.9. The number of benzene rings is 2. The maximum atomic E-state index is 12.2. The highest BCUT2D eigenvalue weighted by Crippen LogP contribution is 2.23. The van der Waals surface area contributed by atoms with Crippen molar-refractivity contribution in [2.75, 3.05) is 11.1 Å². The van der Waals surface area contributed by atoms with E-state index in [2.05, 4.69) is 26.0 Å². The number of amides is 1. The molecule has 3 aromatic rings. The van der Waals surface area contributed by atoms with E-state index < -0.39 is 4.92 Å². The number of hydrogen-bond acceptors (Lipinski definition) is 8. The van der Waals surface area contributed by atoms with E-state index in [-0.39, 0.29) is 23.4 Å². The second-order valence-corrected chi connectivity index (χ2v) is 8.35. The van der Waals surface area contributed by atoms with E-state index >= 15 is 0 Å². The fourth-order valence-electron chi connectivity index (χ4n) is 3.06. The third kappa shape index (κ3) is 6.16. The average Bonchev–Trinajstić information content (AvgIpc) is 3.18. The summed E-state index contributed by atoms with van der Waals surface area (Å²) in [5.41, 5.74) is 5.90. The molecule has 1 atom stereocenters. The van der Waals surface area contributed by atoms with Crippen molar-refractivity contribution >= 4 is 34.8 Å². The normalized spacial score (nSPS) is 12.3. The number of nitrogens with one attached hydrogen (secondary N) is 2. The Balaban J connectivity index is 1.55. The van der Waals surface area contributed by atoms with Crippen LogP contribution in [0.4, 0.5) is 11.4 Å². The van der Waals surface area contributed by atoms with Crippen LogP contribution in [0.5, 0.6) is 0 Å². The van der Waals surface area contributed by atoms with Crippen molar-refractivity contribution in [1.29, 1.82) is 0 Å². The lowest BCUT2D eigenvalue weighted by molar-refractivity contribution is -0.384. The number of rotatable bonds is 9. The average molecular weight is 468 g/mol. The molecule has 2 N–H and O–H groups in total. The Morgan fingerprint density at radius 3 is 2.58 bits per heavy atom. The third-order valence-corrected chi connectivity index (χ3v) is 5.97. The van der Waals surface area contributed by atoms with E-state index in [1.165, 1.54) is 23.9 Å². The van der Waals surface area contributed by atoms with E-state index in [9.17, 15) is 14.9 Å². The summed E-state index contributed by atoms with van der Waals surface area (Å²) in [6.45, 7) is 5.76. The van der Waals surface area contributed by atoms with Gasteiger partial charge in [0.15, 0.2) is 11.0 Å². The minimum Gasteiger partial charge on any atom is -0.375 e. The molecule has 3 rings (SSSR count). The van der Waals surface area contributed by atoms with Gasteiger partial charge >= 0.3 is 0 Å². The standard InChI is InChI=1S/C22H25N7O3S/c1-14-7-5-6-8-19(14)23-16(3)21-26-27-22(28(21)4)33-13-20(30)25-24-15(2)17-9-11-18(12-10-17)29(31)32/h5-12,16,23H,13H2,1-4H3,(H,25,30). The fraction of sp³-hybridized carbons (Fsp3) is 0.273. The zero-order valence-corrected chi connectivity index (χ0v) is 19.6. The van der Waals surface area contributed by atoms with Crippen molar-refractivity contribution in [2.24, 2.45) is 12.1 Å². The van der Waals surface area contributed by atoms with Crippen molar-refractivity contribution in [3.8, 4) is 0 Å². The lowest BCUT2D eigenvalue weighted by Gasteiger charge is -2.16. The molecule has 11 heteroatoms. The van der Waals surface area contributed by atoms with Crippen LogP contribution >= 0.6 is 11.8 Å². The summed E-state index contributed by atoms with van der Waals surface area (Å²) >= 11 is 1.26. The van der Waals surface area contributed by atoms with Crippen LogP contribution in [0.2, 0.25) is 0 Å². The number of carbonyl (C=O) groups is 1. The van der Waals surface area contributed by atoms with Gasteiger partial charge in [-0.1, -0.05) is 30.0 Å². The predicted octanol–water partition coefficient (Wildman–Crippen LogP) is 3.84. The number of aromatic nitrogens is 3. The molecule has 1 aromatic heterocycles. The molecular formula is C22H25N7O3S. The third-order valence-electron chi connectivity index (χ3n) is 4.95. The lowest BCUT2D eigenvalue weighted by atomic mass is 10.1. The van der Waals surface area contributed by atoms with Crippen LogP contribution in [0.1, 0.15) is 36.8 Å². The molecule has 172 valence electrons. The topological polar surface area (TPSA) is 127 Å². The summed E-state index contributed by atoms with van der Waals surface area (Å²) in [7, 11) is 1.86. The summed E-state index contributed by atoms with van der Waals surface area (Å²) in [5.74, 6) is 0.577. The molecule has 0 aliphatic carbocycles. The summed E-state index contributed by atoms with van der Waals surface area (Å²) < 4.78 is 1.86. The van der Waals surface area contributed by atoms with E-state index in [1.54, 1.807) is 19.1 Å². The second kappa shape index (κ2) is 10.7. The second-order valence-electron chi connectivity index (χ2n) is 7.41. The van der Waals surface area contributed by atoms with Gasteiger partial charge in [-0.15, -0.1) is 10.2 Å². The van der Waals surface area contributed by atoms with Crippen molar-refractivity contribution in [3.05, 3.63) is 75.6 Å². The monoisotopic (exact) mass is 467 g/mol. The SMILES string of the molecule is CC(=NNC(=O)CSc1nnc(C(C)Nc2ccccc2C)n1C)c1ccc([N+](=O)[O-])cc1. The van der Waals surface area contributed by atoms with Gasteiger partial charge in [0, 0.05) is 24.9 Å². The first-order valence-corrected chi connectivity index (χ1v) is 11.2. The summed E-state index contributed by atoms with van der Waals surface area (Å²) in [4.78, 5) is 22.5. The highest BCUT2D eigenvalue weighted by atomic mass is 32.2. The molecule has 1 unspecified atom stereocenters. The number of anilines is 1. The van der Waals surface area contributed by atoms with Gasteiger partial charge in [0.2, 0.25) is 0 Å². The van der Waals surface area contributed by atoms with Crippen molar-refractivity contribution in [1.82, 2.24) is 20.2 Å². The van der Waals surface area contributed by atoms with Crippen LogP contribution in [0.15, 0.2) is 58.8 Å². The Morgan fingerprint density at radius 2 is 1.91 bits per heavy atom. The Morgan fingerprint density at radius 1 is 1.21 bits per heavy atom. The van der Waals surface area contributed by atoms with Crippen LogP contribution in [-0.2, 0) is 11.8 Å². The summed E-state index contributed by atoms with van der Waals surface area (Å²) in [5, 5.41) is 27.4. The molecule has 0 radical (unpaired) electrons. The number of thioether (sulfide) groups is 1. The zero-order chi connectivity index (χ0) is 24.0. The quantitative estimate of drug-likeness (QED) is 0.212. The van der Waals surface area contributed by atoms with Gasteiger partial charge in [-0.25, -0.2) is 5.43 Å². The van der Waals surface area contributed by atoms with Crippen LogP contribution in [0.25, 0.3) is 0 Å². The number of hydrogen-bond donors (Lipinski definition) is 2. The maximum Gasteiger partial charge on any atom is 0.269 e. The number of nitro groups is 1. The Hall–Kier alpha value is -3.73. The smallest absolute Gasteiger partial charge is 0.269 e. The van der Waals surface area contributed by atoms with Gasteiger partial charge in [-0.05, 0) is 50.1 Å². The lowest BCUT2D eigenvalue weighted by Crippen LogP contribution is -2.21. The summed E-state index contributed by atoms with van der Waals surface area (Å²) in [6.07, 6.45) is 0. The molecule has 2 aromatic carbocycles. The molecule has 0 bridgehead atoms. The zero-order valence-electron chi connectivity index (χ0n) is 18.8. The number of carbonyl (C=O) groups excluding carboxylic acids is 1. The van der Waals surface area contributed by atoms with Crippen molar-refractivity contribution in [3.63, 3.8) is 0 Å². The van der Waals surface area contributed by atoms with Gasteiger partial charge < -0.3 is 9.88 Å². The predicted molar refractivity (Wildman–Crippen MR) is 128 cm³/mol. The first-order chi connectivity index (χ1) is 15.8. The highest BCUT2D eigenvalue weighted by Gasteiger charge is 2.17. The molecule has 1 heterocycles. The molecular weight excluding hydrogens is 442 g/mol. The number of nitrogens with zero attached hydrogens (tertiary/aromatic N) is 5. The van der Waals surface area contributed by atoms with Crippen molar-refractivity contribution in [2.45, 2.75) is 32.0 Å². The minimum absolute atomic E-state index is 0.00143. The molecule has 0 fully saturated rings. The van der Waals surface area contributed by atoms with E-state index in [0.717, 1.165) is 17.1 Å². The van der Waals surface area contributed by atoms with Gasteiger partial charge in [-0.2, -0.15) is 5.10 Å². The van der Waals surface area contributed by atoms with Crippen LogP contribution < -0.4 is 10.7 Å². The number of hydrazone groups is 1. The molecule has 10 nitrogen and oxygen atoms in total. The van der Waals surface area contributed by atoms with Gasteiger partial charge in [0.05, 0.1) is 22.4 Å². The van der Waals surface area contributed by atoms with Crippen LogP contribution in [-0.4, -0.2) is 37.1 Å². The maximum absolute atomic E-state index is 12.2. The molecule has 1 amide bonds. The number of aryl methyl sites for hydroxylation is 1. The van der Waals surface area contributed by atoms with Gasteiger partial charge in [0.1, 0.15) is 0 Å². The van der Waals surface area contributed by atoms with E-state index in [1.807, 2.05) is 49.7 Å². The fourth-order valence-corrected chi connectivity index (χ4v) is 3.77. The molecule has 0 aliphatic rings. The highest BCUT2D eigenvalue weighted by molar-refractivity contribution is 7.99. The van der Waals surface area contributed by atoms with Gasteiger partial charge in [-0.3, -0.25) is 14.9 Å². The Bertz CT molecular complexity index is 1170. The minimum atomic E-state index is -0.466. The van der Waals surface area contributed by atoms with E-state index in [4.69, 9.17) is 0 Å². The Kier molecular flexibility index (Phi) is 7.78.